The summed E-state index contributed by atoms with van der Waals surface area (Å²) in [5.41, 5.74) is -0.219. The van der Waals surface area contributed by atoms with Crippen LogP contribution in [0.15, 0.2) is 4.99 Å². The number of aliphatic imine (C=N–C) groups is 1. The van der Waals surface area contributed by atoms with Gasteiger partial charge in [0.25, 0.3) is 0 Å². The number of hydrogen-bond donors (Lipinski definition) is 4. The Bertz CT molecular complexity index is 403. The highest BCUT2D eigenvalue weighted by atomic mass is 32.2. The molecule has 120 valence electrons. The fourth-order valence-electron chi connectivity index (χ4n) is 3.48. The molecule has 2 aliphatic heterocycles. The van der Waals surface area contributed by atoms with E-state index in [-0.39, 0.29) is 17.5 Å². The quantitative estimate of drug-likeness (QED) is 0.589. The number of thioether (sulfide) groups is 1. The SMILES string of the molecule is CNC1=N[C@@H]2[C@@H](O)[C@H](O)[C@H]([C@H](C)NC3CCCC3)O[C@@H]2S1. The maximum atomic E-state index is 10.4. The largest absolute Gasteiger partial charge is 0.388 e. The molecule has 0 aromatic rings. The third-order valence-electron chi connectivity index (χ3n) is 4.66. The number of hydrogen-bond acceptors (Lipinski definition) is 7. The Kier molecular flexibility index (Phi) is 4.75. The van der Waals surface area contributed by atoms with Crippen LogP contribution in [-0.4, -0.2) is 64.3 Å². The first-order valence-corrected chi connectivity index (χ1v) is 8.68. The fraction of sp³-hybridized carbons (Fsp3) is 0.929. The second kappa shape index (κ2) is 6.42. The van der Waals surface area contributed by atoms with Gasteiger partial charge in [0.15, 0.2) is 5.17 Å². The van der Waals surface area contributed by atoms with Crippen molar-refractivity contribution in [3.8, 4) is 0 Å². The predicted octanol–water partition coefficient (Wildman–Crippen LogP) is 0.0446. The molecule has 0 spiro atoms. The molecule has 0 bridgehead atoms. The molecule has 1 saturated heterocycles. The molecule has 6 nitrogen and oxygen atoms in total. The average molecular weight is 315 g/mol. The number of fused-ring (bicyclic) bond motifs is 1. The highest BCUT2D eigenvalue weighted by Crippen LogP contribution is 2.36. The van der Waals surface area contributed by atoms with Gasteiger partial charge in [-0.1, -0.05) is 24.6 Å². The molecule has 21 heavy (non-hydrogen) atoms. The maximum absolute atomic E-state index is 10.4. The van der Waals surface area contributed by atoms with Gasteiger partial charge in [-0.15, -0.1) is 0 Å². The molecule has 0 radical (unpaired) electrons. The van der Waals surface area contributed by atoms with E-state index in [1.54, 1.807) is 7.05 Å². The summed E-state index contributed by atoms with van der Waals surface area (Å²) in [5, 5.41) is 28.0. The van der Waals surface area contributed by atoms with Gasteiger partial charge in [-0.2, -0.15) is 0 Å². The van der Waals surface area contributed by atoms with E-state index in [4.69, 9.17) is 4.74 Å². The van der Waals surface area contributed by atoms with Crippen LogP contribution in [0.2, 0.25) is 0 Å². The van der Waals surface area contributed by atoms with Gasteiger partial charge in [-0.25, -0.2) is 0 Å². The van der Waals surface area contributed by atoms with Crippen molar-refractivity contribution in [1.82, 2.24) is 10.6 Å². The summed E-state index contributed by atoms with van der Waals surface area (Å²) in [6.45, 7) is 2.03. The van der Waals surface area contributed by atoms with Gasteiger partial charge in [0.2, 0.25) is 0 Å². The predicted molar refractivity (Wildman–Crippen MR) is 83.4 cm³/mol. The molecular formula is C14H25N3O3S. The lowest BCUT2D eigenvalue weighted by molar-refractivity contribution is -0.161. The summed E-state index contributed by atoms with van der Waals surface area (Å²) in [6.07, 6.45) is 2.71. The van der Waals surface area contributed by atoms with E-state index >= 15 is 0 Å². The lowest BCUT2D eigenvalue weighted by Gasteiger charge is -2.41. The van der Waals surface area contributed by atoms with Crippen LogP contribution in [0.4, 0.5) is 0 Å². The van der Waals surface area contributed by atoms with Crippen LogP contribution in [-0.2, 0) is 4.74 Å². The molecular weight excluding hydrogens is 290 g/mol. The number of amidine groups is 1. The van der Waals surface area contributed by atoms with Crippen LogP contribution in [0.1, 0.15) is 32.6 Å². The molecule has 7 heteroatoms. The first-order valence-electron chi connectivity index (χ1n) is 7.80. The Balaban J connectivity index is 1.64. The first kappa shape index (κ1) is 15.6. The smallest absolute Gasteiger partial charge is 0.159 e. The number of nitrogens with zero attached hydrogens (tertiary/aromatic N) is 1. The Morgan fingerprint density at radius 2 is 2.00 bits per heavy atom. The van der Waals surface area contributed by atoms with Crippen LogP contribution in [0.3, 0.4) is 0 Å². The van der Waals surface area contributed by atoms with Gasteiger partial charge in [0, 0.05) is 19.1 Å². The fourth-order valence-corrected chi connectivity index (χ4v) is 4.55. The van der Waals surface area contributed by atoms with Crippen molar-refractivity contribution >= 4 is 16.9 Å². The van der Waals surface area contributed by atoms with E-state index in [2.05, 4.69) is 15.6 Å². The second-order valence-corrected chi connectivity index (χ2v) is 7.27. The Labute approximate surface area is 129 Å². The number of aliphatic hydroxyl groups is 2. The highest BCUT2D eigenvalue weighted by molar-refractivity contribution is 8.14. The van der Waals surface area contributed by atoms with Crippen molar-refractivity contribution in [2.45, 2.75) is 74.5 Å². The normalized spacial score (nSPS) is 41.7. The van der Waals surface area contributed by atoms with Gasteiger partial charge in [0.05, 0.1) is 0 Å². The van der Waals surface area contributed by atoms with E-state index in [9.17, 15) is 10.2 Å². The summed E-state index contributed by atoms with van der Waals surface area (Å²) in [5.74, 6) is 0. The zero-order valence-electron chi connectivity index (χ0n) is 12.5. The molecule has 2 fully saturated rings. The van der Waals surface area contributed by atoms with Gasteiger partial charge in [-0.05, 0) is 19.8 Å². The summed E-state index contributed by atoms with van der Waals surface area (Å²) in [6, 6.07) is 0.131. The van der Waals surface area contributed by atoms with E-state index in [0.29, 0.717) is 6.04 Å². The van der Waals surface area contributed by atoms with Crippen molar-refractivity contribution in [2.24, 2.45) is 4.99 Å². The molecule has 6 atom stereocenters. The van der Waals surface area contributed by atoms with Crippen molar-refractivity contribution in [3.05, 3.63) is 0 Å². The average Bonchev–Trinajstić information content (AvgIpc) is 3.11. The molecule has 3 aliphatic rings. The van der Waals surface area contributed by atoms with Crippen LogP contribution in [0, 0.1) is 0 Å². The molecule has 3 rings (SSSR count). The number of ether oxygens (including phenoxy) is 1. The molecule has 2 heterocycles. The molecule has 0 aromatic carbocycles. The van der Waals surface area contributed by atoms with E-state index < -0.39 is 18.3 Å². The molecule has 0 aromatic heterocycles. The first-order chi connectivity index (χ1) is 10.1. The van der Waals surface area contributed by atoms with Gasteiger partial charge in [-0.3, -0.25) is 4.99 Å². The number of aliphatic hydroxyl groups excluding tert-OH is 2. The Hall–Kier alpha value is -0.340. The number of nitrogens with one attached hydrogen (secondary N) is 2. The molecule has 0 unspecified atom stereocenters. The molecule has 1 aliphatic carbocycles. The van der Waals surface area contributed by atoms with Crippen molar-refractivity contribution < 1.29 is 14.9 Å². The van der Waals surface area contributed by atoms with Crippen molar-refractivity contribution in [2.75, 3.05) is 7.05 Å². The Morgan fingerprint density at radius 1 is 1.29 bits per heavy atom. The highest BCUT2D eigenvalue weighted by Gasteiger charge is 2.49. The van der Waals surface area contributed by atoms with Gasteiger partial charge in [0.1, 0.15) is 29.8 Å². The van der Waals surface area contributed by atoms with E-state index in [1.165, 1.54) is 37.4 Å². The van der Waals surface area contributed by atoms with Crippen molar-refractivity contribution in [1.29, 1.82) is 0 Å². The van der Waals surface area contributed by atoms with Crippen LogP contribution < -0.4 is 10.6 Å². The third-order valence-corrected chi connectivity index (χ3v) is 5.82. The molecule has 0 amide bonds. The zero-order valence-corrected chi connectivity index (χ0v) is 13.3. The summed E-state index contributed by atoms with van der Waals surface area (Å²) < 4.78 is 6.03. The minimum atomic E-state index is -0.907. The standard InChI is InChI=1S/C14H25N3O3S/c1-7(16-8-5-3-4-6-8)12-11(19)10(18)9-13(20-12)21-14(15-2)17-9/h7-13,16,18-19H,3-6H2,1-2H3,(H,15,17)/t7-,9+,10+,11-,12-,13+/m0/s1. The topological polar surface area (TPSA) is 86.1 Å². The maximum Gasteiger partial charge on any atom is 0.159 e. The van der Waals surface area contributed by atoms with Crippen LogP contribution in [0.5, 0.6) is 0 Å². The lowest BCUT2D eigenvalue weighted by Crippen LogP contribution is -2.61. The second-order valence-electron chi connectivity index (χ2n) is 6.18. The van der Waals surface area contributed by atoms with Gasteiger partial charge >= 0.3 is 0 Å². The van der Waals surface area contributed by atoms with Gasteiger partial charge < -0.3 is 25.6 Å². The van der Waals surface area contributed by atoms with E-state index in [0.717, 1.165) is 5.17 Å². The number of rotatable bonds is 3. The van der Waals surface area contributed by atoms with Crippen molar-refractivity contribution in [3.63, 3.8) is 0 Å². The summed E-state index contributed by atoms with van der Waals surface area (Å²) >= 11 is 1.48. The third kappa shape index (κ3) is 3.07. The minimum absolute atomic E-state index is 0.0120. The molecule has 1 saturated carbocycles. The van der Waals surface area contributed by atoms with Crippen LogP contribution in [0.25, 0.3) is 0 Å². The lowest BCUT2D eigenvalue weighted by atomic mass is 9.94. The van der Waals surface area contributed by atoms with E-state index in [1.807, 2.05) is 6.92 Å². The molecule has 4 N–H and O–H groups in total. The minimum Gasteiger partial charge on any atom is -0.388 e. The summed E-state index contributed by atoms with van der Waals surface area (Å²) in [7, 11) is 1.80. The van der Waals surface area contributed by atoms with Crippen LogP contribution >= 0.6 is 11.8 Å². The Morgan fingerprint density at radius 3 is 2.67 bits per heavy atom. The zero-order chi connectivity index (χ0) is 15.0. The monoisotopic (exact) mass is 315 g/mol. The summed E-state index contributed by atoms with van der Waals surface area (Å²) in [4.78, 5) is 4.37.